The Morgan fingerprint density at radius 1 is 0.927 bits per heavy atom. The van der Waals surface area contributed by atoms with Crippen LogP contribution in [0.1, 0.15) is 77.6 Å². The minimum Gasteiger partial charge on any atom is -0.496 e. The number of carbonyl (C=O) groups excluding carboxylic acids is 2. The van der Waals surface area contributed by atoms with E-state index in [4.69, 9.17) is 4.74 Å². The van der Waals surface area contributed by atoms with Gasteiger partial charge in [-0.15, -0.1) is 0 Å². The number of methoxy groups -OCH3 is 1. The molecule has 0 fully saturated rings. The summed E-state index contributed by atoms with van der Waals surface area (Å²) in [5.74, 6) is 0.240. The highest BCUT2D eigenvalue weighted by atomic mass is 19.1. The topological polar surface area (TPSA) is 43.4 Å². The van der Waals surface area contributed by atoms with Gasteiger partial charge >= 0.3 is 0 Å². The summed E-state index contributed by atoms with van der Waals surface area (Å²) in [6.45, 7) is 4.08. The van der Waals surface area contributed by atoms with Gasteiger partial charge in [0, 0.05) is 30.2 Å². The van der Waals surface area contributed by atoms with Crippen molar-refractivity contribution >= 4 is 17.1 Å². The lowest BCUT2D eigenvalue weighted by atomic mass is 9.81. The molecule has 3 aromatic carbocycles. The molecule has 3 aromatic rings. The highest BCUT2D eigenvalue weighted by Crippen LogP contribution is 2.47. The molecule has 0 saturated heterocycles. The monoisotopic (exact) mass is 548 g/mol. The first-order valence-corrected chi connectivity index (χ1v) is 14.4. The molecule has 2 atom stereocenters. The minimum atomic E-state index is -0.391. The molecule has 210 valence electrons. The summed E-state index contributed by atoms with van der Waals surface area (Å²) in [6, 6.07) is 20.2. The largest absolute Gasteiger partial charge is 0.496 e. The van der Waals surface area contributed by atoms with E-state index < -0.39 is 5.92 Å². The van der Waals surface area contributed by atoms with Crippen LogP contribution in [0.15, 0.2) is 96.1 Å². The van der Waals surface area contributed by atoms with Crippen molar-refractivity contribution in [2.75, 3.05) is 7.11 Å². The first kappa shape index (κ1) is 28.5. The number of rotatable bonds is 11. The molecule has 0 spiro atoms. The molecule has 0 amide bonds. The molecule has 4 heteroatoms. The van der Waals surface area contributed by atoms with Crippen LogP contribution in [-0.4, -0.2) is 18.7 Å². The fraction of sp³-hybridized carbons (Fsp3) is 0.297. The molecule has 0 N–H and O–H groups in total. The molecule has 0 aliphatic heterocycles. The number of ketones is 2. The summed E-state index contributed by atoms with van der Waals surface area (Å²) in [5, 5.41) is 0. The fourth-order valence-corrected chi connectivity index (χ4v) is 6.16. The third-order valence-corrected chi connectivity index (χ3v) is 8.40. The van der Waals surface area contributed by atoms with Gasteiger partial charge in [-0.3, -0.25) is 9.59 Å². The summed E-state index contributed by atoms with van der Waals surface area (Å²) < 4.78 is 19.7. The SMILES string of the molecule is COc1c(CCC(=O)CCC2=CCC(C)=C2)cccc1C1CC(c2ccc(F)cc2)=CC1C(=O)c1ccccc1C. The minimum absolute atomic E-state index is 0.0679. The number of aryl methyl sites for hydroxylation is 2. The molecule has 0 heterocycles. The highest BCUT2D eigenvalue weighted by molar-refractivity contribution is 6.02. The number of halogens is 1. The van der Waals surface area contributed by atoms with E-state index in [1.165, 1.54) is 23.3 Å². The number of hydrogen-bond acceptors (Lipinski definition) is 3. The average Bonchev–Trinajstić information content (AvgIpc) is 3.61. The van der Waals surface area contributed by atoms with Gasteiger partial charge in [-0.1, -0.05) is 84.0 Å². The van der Waals surface area contributed by atoms with Gasteiger partial charge < -0.3 is 4.74 Å². The van der Waals surface area contributed by atoms with Crippen LogP contribution < -0.4 is 4.74 Å². The zero-order chi connectivity index (χ0) is 28.9. The molecular formula is C37H37FO3. The first-order chi connectivity index (χ1) is 19.8. The summed E-state index contributed by atoms with van der Waals surface area (Å²) >= 11 is 0. The summed E-state index contributed by atoms with van der Waals surface area (Å²) in [5.41, 5.74) is 8.14. The van der Waals surface area contributed by atoms with Crippen LogP contribution in [0, 0.1) is 18.7 Å². The Morgan fingerprint density at radius 3 is 2.39 bits per heavy atom. The third-order valence-electron chi connectivity index (χ3n) is 8.40. The normalized spacial score (nSPS) is 18.1. The smallest absolute Gasteiger partial charge is 0.170 e. The van der Waals surface area contributed by atoms with Crippen molar-refractivity contribution < 1.29 is 18.7 Å². The molecule has 2 unspecified atom stereocenters. The quantitative estimate of drug-likeness (QED) is 0.225. The van der Waals surface area contributed by atoms with E-state index in [0.29, 0.717) is 31.2 Å². The molecule has 3 nitrogen and oxygen atoms in total. The van der Waals surface area contributed by atoms with E-state index in [1.54, 1.807) is 19.2 Å². The molecule has 41 heavy (non-hydrogen) atoms. The fourth-order valence-electron chi connectivity index (χ4n) is 6.16. The van der Waals surface area contributed by atoms with E-state index >= 15 is 0 Å². The van der Waals surface area contributed by atoms with Gasteiger partial charge in [0.2, 0.25) is 0 Å². The first-order valence-electron chi connectivity index (χ1n) is 14.4. The van der Waals surface area contributed by atoms with E-state index in [9.17, 15) is 14.0 Å². The van der Waals surface area contributed by atoms with Crippen molar-refractivity contribution in [1.82, 2.24) is 0 Å². The van der Waals surface area contributed by atoms with Crippen LogP contribution in [-0.2, 0) is 11.2 Å². The van der Waals surface area contributed by atoms with Crippen molar-refractivity contribution in [2.45, 2.75) is 58.3 Å². The van der Waals surface area contributed by atoms with Crippen molar-refractivity contribution in [3.8, 4) is 5.75 Å². The predicted molar refractivity (Wildman–Crippen MR) is 163 cm³/mol. The molecule has 5 rings (SSSR count). The number of Topliss-reactive ketones (excluding diaryl/α,β-unsaturated/α-hetero) is 2. The van der Waals surface area contributed by atoms with Gasteiger partial charge in [0.15, 0.2) is 5.78 Å². The van der Waals surface area contributed by atoms with Crippen molar-refractivity contribution in [3.63, 3.8) is 0 Å². The van der Waals surface area contributed by atoms with Crippen LogP contribution in [0.25, 0.3) is 5.57 Å². The molecular weight excluding hydrogens is 511 g/mol. The van der Waals surface area contributed by atoms with E-state index in [1.807, 2.05) is 49.4 Å². The lowest BCUT2D eigenvalue weighted by Gasteiger charge is -2.23. The van der Waals surface area contributed by atoms with Gasteiger partial charge in [-0.2, -0.15) is 0 Å². The second kappa shape index (κ2) is 12.6. The van der Waals surface area contributed by atoms with Crippen LogP contribution in [0.5, 0.6) is 5.75 Å². The lowest BCUT2D eigenvalue weighted by molar-refractivity contribution is -0.119. The second-order valence-electron chi connectivity index (χ2n) is 11.3. The average molecular weight is 549 g/mol. The number of benzene rings is 3. The molecule has 2 aliphatic carbocycles. The summed E-state index contributed by atoms with van der Waals surface area (Å²) in [6.07, 6.45) is 10.4. The Morgan fingerprint density at radius 2 is 1.68 bits per heavy atom. The van der Waals surface area contributed by atoms with Crippen LogP contribution in [0.2, 0.25) is 0 Å². The number of allylic oxidation sites excluding steroid dienone is 6. The summed E-state index contributed by atoms with van der Waals surface area (Å²) in [4.78, 5) is 26.8. The standard InChI is InChI=1S/C37H37FO3/c1-24-11-12-26(21-24)13-19-31(39)20-16-28-8-6-10-33(37(28)41-3)34-22-29(27-14-17-30(38)18-15-27)23-35(34)36(40)32-9-5-4-7-25(32)2/h4-10,12,14-15,17-18,21,23,34-35H,11,13,16,19-20,22H2,1-3H3. The summed E-state index contributed by atoms with van der Waals surface area (Å²) in [7, 11) is 1.66. The maximum absolute atomic E-state index is 14.0. The maximum atomic E-state index is 14.0. The molecule has 2 aliphatic rings. The number of para-hydroxylation sites is 1. The second-order valence-corrected chi connectivity index (χ2v) is 11.3. The van der Waals surface area contributed by atoms with Gasteiger partial charge in [-0.05, 0) is 79.5 Å². The number of ether oxygens (including phenoxy) is 1. The van der Waals surface area contributed by atoms with E-state index in [-0.39, 0.29) is 23.3 Å². The Hall–Kier alpha value is -4.05. The predicted octanol–water partition coefficient (Wildman–Crippen LogP) is 8.77. The Bertz CT molecular complexity index is 1540. The number of hydrogen-bond donors (Lipinski definition) is 0. The van der Waals surface area contributed by atoms with Crippen molar-refractivity contribution in [3.05, 3.63) is 130 Å². The molecule has 0 saturated carbocycles. The van der Waals surface area contributed by atoms with Gasteiger partial charge in [-0.25, -0.2) is 4.39 Å². The zero-order valence-corrected chi connectivity index (χ0v) is 24.1. The van der Waals surface area contributed by atoms with Crippen LogP contribution in [0.3, 0.4) is 0 Å². The Balaban J connectivity index is 1.40. The highest BCUT2D eigenvalue weighted by Gasteiger charge is 2.37. The zero-order valence-electron chi connectivity index (χ0n) is 24.1. The van der Waals surface area contributed by atoms with Gasteiger partial charge in [0.1, 0.15) is 17.3 Å². The van der Waals surface area contributed by atoms with Crippen molar-refractivity contribution in [2.24, 2.45) is 5.92 Å². The number of carbonyl (C=O) groups is 2. The van der Waals surface area contributed by atoms with E-state index in [2.05, 4.69) is 25.2 Å². The Labute approximate surface area is 242 Å². The van der Waals surface area contributed by atoms with Crippen LogP contribution >= 0.6 is 0 Å². The van der Waals surface area contributed by atoms with E-state index in [0.717, 1.165) is 46.4 Å². The molecule has 0 radical (unpaired) electrons. The molecule has 0 aromatic heterocycles. The third kappa shape index (κ3) is 6.48. The maximum Gasteiger partial charge on any atom is 0.170 e. The van der Waals surface area contributed by atoms with Gasteiger partial charge in [0.25, 0.3) is 0 Å². The van der Waals surface area contributed by atoms with Crippen LogP contribution in [0.4, 0.5) is 4.39 Å². The molecule has 0 bridgehead atoms. The van der Waals surface area contributed by atoms with Crippen molar-refractivity contribution in [1.29, 1.82) is 0 Å². The lowest BCUT2D eigenvalue weighted by Crippen LogP contribution is -2.19. The van der Waals surface area contributed by atoms with Gasteiger partial charge in [0.05, 0.1) is 7.11 Å². The Kier molecular flexibility index (Phi) is 8.78.